The Morgan fingerprint density at radius 3 is 2.71 bits per heavy atom. The maximum atomic E-state index is 12.8. The summed E-state index contributed by atoms with van der Waals surface area (Å²) in [6, 6.07) is 3.21. The number of sulfonamides is 1. The van der Waals surface area contributed by atoms with Gasteiger partial charge in [-0.1, -0.05) is 0 Å². The number of nitrogens with one attached hydrogen (secondary N) is 1. The highest BCUT2D eigenvalue weighted by Crippen LogP contribution is 2.29. The van der Waals surface area contributed by atoms with Gasteiger partial charge in [0.2, 0.25) is 0 Å². The molecular weight excluding hydrogens is 334 g/mol. The Bertz CT molecular complexity index is 718. The van der Waals surface area contributed by atoms with E-state index in [4.69, 9.17) is 0 Å². The molecule has 0 aliphatic carbocycles. The van der Waals surface area contributed by atoms with Gasteiger partial charge in [0.1, 0.15) is 5.37 Å². The summed E-state index contributed by atoms with van der Waals surface area (Å²) in [6.45, 7) is 0.157. The second kappa shape index (κ2) is 6.11. The molecule has 1 N–H and O–H groups in total. The van der Waals surface area contributed by atoms with Crippen LogP contribution in [0, 0.1) is 0 Å². The van der Waals surface area contributed by atoms with Gasteiger partial charge >= 0.3 is 0 Å². The molecule has 0 amide bonds. The Kier molecular flexibility index (Phi) is 4.81. The van der Waals surface area contributed by atoms with Crippen molar-refractivity contribution < 1.29 is 16.8 Å². The van der Waals surface area contributed by atoms with Gasteiger partial charge in [0.05, 0.1) is 5.69 Å². The number of anilines is 1. The predicted octanol–water partition coefficient (Wildman–Crippen LogP) is 0.232. The van der Waals surface area contributed by atoms with Crippen LogP contribution in [0.2, 0.25) is 0 Å². The van der Waals surface area contributed by atoms with Crippen molar-refractivity contribution in [3.8, 4) is 0 Å². The van der Waals surface area contributed by atoms with Crippen LogP contribution in [-0.4, -0.2) is 62.9 Å². The Morgan fingerprint density at radius 1 is 1.38 bits per heavy atom. The summed E-state index contributed by atoms with van der Waals surface area (Å²) in [6.07, 6.45) is 2.44. The van der Waals surface area contributed by atoms with Gasteiger partial charge in [-0.2, -0.15) is 16.1 Å². The molecule has 1 unspecified atom stereocenters. The second-order valence-corrected chi connectivity index (χ2v) is 9.74. The molecule has 1 saturated heterocycles. The van der Waals surface area contributed by atoms with Crippen molar-refractivity contribution in [2.75, 3.05) is 36.7 Å². The van der Waals surface area contributed by atoms with Crippen LogP contribution in [0.5, 0.6) is 0 Å². The number of hydrogen-bond donors (Lipinski definition) is 1. The minimum absolute atomic E-state index is 0.145. The normalized spacial score (nSPS) is 21.1. The van der Waals surface area contributed by atoms with E-state index in [1.165, 1.54) is 18.0 Å². The highest BCUT2D eigenvalue weighted by molar-refractivity contribution is 8.01. The van der Waals surface area contributed by atoms with Crippen LogP contribution < -0.4 is 5.32 Å². The smallest absolute Gasteiger partial charge is 0.263 e. The first-order valence-corrected chi connectivity index (χ1v) is 10.7. The van der Waals surface area contributed by atoms with Gasteiger partial charge in [0, 0.05) is 37.6 Å². The van der Waals surface area contributed by atoms with Crippen molar-refractivity contribution in [2.24, 2.45) is 0 Å². The van der Waals surface area contributed by atoms with E-state index in [0.717, 1.165) is 10.6 Å². The first-order chi connectivity index (χ1) is 9.78. The average molecular weight is 351 g/mol. The first-order valence-electron chi connectivity index (χ1n) is 6.19. The maximum Gasteiger partial charge on any atom is 0.263 e. The summed E-state index contributed by atoms with van der Waals surface area (Å²) in [5, 5.41) is 1.58. The molecule has 21 heavy (non-hydrogen) atoms. The lowest BCUT2D eigenvalue weighted by Crippen LogP contribution is -2.50. The Hall–Kier alpha value is -0.840. The lowest BCUT2D eigenvalue weighted by molar-refractivity contribution is 0.403. The molecule has 1 aliphatic heterocycles. The maximum absolute atomic E-state index is 12.8. The fourth-order valence-electron chi connectivity index (χ4n) is 2.08. The zero-order valence-electron chi connectivity index (χ0n) is 11.7. The predicted molar refractivity (Wildman–Crippen MR) is 83.6 cm³/mol. The van der Waals surface area contributed by atoms with Crippen LogP contribution >= 0.6 is 11.8 Å². The van der Waals surface area contributed by atoms with Crippen LogP contribution in [0.25, 0.3) is 0 Å². The quantitative estimate of drug-likeness (QED) is 0.829. The Labute approximate surface area is 129 Å². The number of nitrogens with zero attached hydrogens (tertiary/aromatic N) is 2. The molecule has 0 aromatic carbocycles. The summed E-state index contributed by atoms with van der Waals surface area (Å²) < 4.78 is 50.3. The highest BCUT2D eigenvalue weighted by Gasteiger charge is 2.40. The van der Waals surface area contributed by atoms with E-state index in [0.29, 0.717) is 11.4 Å². The molecule has 1 aliphatic rings. The van der Waals surface area contributed by atoms with Gasteiger partial charge in [-0.25, -0.2) is 21.8 Å². The van der Waals surface area contributed by atoms with Gasteiger partial charge in [-0.05, 0) is 12.1 Å². The third-order valence-corrected chi connectivity index (χ3v) is 7.77. The third-order valence-electron chi connectivity index (χ3n) is 3.13. The fourth-order valence-corrected chi connectivity index (χ4v) is 7.36. The SMILES string of the molecule is CNc1cccnc1S(=O)(=O)N1CCSCC1S(C)(=O)=O. The van der Waals surface area contributed by atoms with Gasteiger partial charge < -0.3 is 5.32 Å². The van der Waals surface area contributed by atoms with Crippen LogP contribution in [0.4, 0.5) is 5.69 Å². The first kappa shape index (κ1) is 16.5. The minimum Gasteiger partial charge on any atom is -0.386 e. The van der Waals surface area contributed by atoms with Gasteiger partial charge in [-0.15, -0.1) is 0 Å². The lowest BCUT2D eigenvalue weighted by Gasteiger charge is -2.32. The van der Waals surface area contributed by atoms with Crippen molar-refractivity contribution in [1.82, 2.24) is 9.29 Å². The zero-order chi connectivity index (χ0) is 15.7. The van der Waals surface area contributed by atoms with Crippen molar-refractivity contribution in [1.29, 1.82) is 0 Å². The summed E-state index contributed by atoms with van der Waals surface area (Å²) >= 11 is 1.43. The monoisotopic (exact) mass is 351 g/mol. The molecule has 7 nitrogen and oxygen atoms in total. The van der Waals surface area contributed by atoms with Gasteiger partial charge in [0.25, 0.3) is 10.0 Å². The van der Waals surface area contributed by atoms with Crippen LogP contribution in [0.3, 0.4) is 0 Å². The summed E-state index contributed by atoms with van der Waals surface area (Å²) in [5.41, 5.74) is 0.350. The van der Waals surface area contributed by atoms with E-state index >= 15 is 0 Å². The molecule has 0 saturated carbocycles. The molecular formula is C11H17N3O4S3. The molecule has 0 bridgehead atoms. The number of pyridine rings is 1. The van der Waals surface area contributed by atoms with Crippen molar-refractivity contribution in [3.05, 3.63) is 18.3 Å². The number of aromatic nitrogens is 1. The van der Waals surface area contributed by atoms with Crippen molar-refractivity contribution in [3.63, 3.8) is 0 Å². The Morgan fingerprint density at radius 2 is 2.10 bits per heavy atom. The molecule has 1 atom stereocenters. The summed E-state index contributed by atoms with van der Waals surface area (Å²) in [4.78, 5) is 3.92. The van der Waals surface area contributed by atoms with Crippen LogP contribution in [0.15, 0.2) is 23.4 Å². The molecule has 0 spiro atoms. The third kappa shape index (κ3) is 3.33. The molecule has 1 aromatic heterocycles. The Balaban J connectivity index is 2.51. The zero-order valence-corrected chi connectivity index (χ0v) is 14.1. The lowest BCUT2D eigenvalue weighted by atomic mass is 10.4. The van der Waals surface area contributed by atoms with E-state index in [2.05, 4.69) is 10.3 Å². The molecule has 2 heterocycles. The van der Waals surface area contributed by atoms with Crippen molar-refractivity contribution in [2.45, 2.75) is 10.4 Å². The standard InChI is InChI=1S/C11H17N3O4S3/c1-12-9-4-3-5-13-11(9)21(17,18)14-6-7-19-8-10(14)20(2,15)16/h3-5,10,12H,6-8H2,1-2H3. The van der Waals surface area contributed by atoms with E-state index in [9.17, 15) is 16.8 Å². The molecule has 10 heteroatoms. The number of sulfone groups is 1. The van der Waals surface area contributed by atoms with Gasteiger partial charge in [0.15, 0.2) is 14.9 Å². The largest absolute Gasteiger partial charge is 0.386 e. The van der Waals surface area contributed by atoms with E-state index in [-0.39, 0.29) is 17.3 Å². The topological polar surface area (TPSA) is 96.4 Å². The highest BCUT2D eigenvalue weighted by atomic mass is 32.2. The number of hydrogen-bond acceptors (Lipinski definition) is 7. The number of rotatable bonds is 4. The van der Waals surface area contributed by atoms with Gasteiger partial charge in [-0.3, -0.25) is 0 Å². The minimum atomic E-state index is -3.97. The van der Waals surface area contributed by atoms with Crippen LogP contribution in [0.1, 0.15) is 0 Å². The van der Waals surface area contributed by atoms with Crippen LogP contribution in [-0.2, 0) is 19.9 Å². The molecule has 118 valence electrons. The number of thioether (sulfide) groups is 1. The van der Waals surface area contributed by atoms with E-state index in [1.54, 1.807) is 19.2 Å². The van der Waals surface area contributed by atoms with E-state index in [1.807, 2.05) is 0 Å². The molecule has 0 radical (unpaired) electrons. The summed E-state index contributed by atoms with van der Waals surface area (Å²) in [7, 11) is -5.88. The molecule has 1 fully saturated rings. The molecule has 1 aromatic rings. The summed E-state index contributed by atoms with van der Waals surface area (Å²) in [5.74, 6) is 0.798. The second-order valence-electron chi connectivity index (χ2n) is 4.58. The van der Waals surface area contributed by atoms with Crippen molar-refractivity contribution >= 4 is 37.3 Å². The average Bonchev–Trinajstić information content (AvgIpc) is 2.46. The molecule has 2 rings (SSSR count). The fraction of sp³-hybridized carbons (Fsp3) is 0.545. The van der Waals surface area contributed by atoms with E-state index < -0.39 is 25.2 Å².